The first-order valence-electron chi connectivity index (χ1n) is 8.06. The van der Waals surface area contributed by atoms with Gasteiger partial charge < -0.3 is 5.32 Å². The second kappa shape index (κ2) is 8.63. The van der Waals surface area contributed by atoms with Crippen LogP contribution in [0.2, 0.25) is 0 Å². The topological polar surface area (TPSA) is 12.0 Å². The Bertz CT molecular complexity index is 499. The fourth-order valence-corrected chi connectivity index (χ4v) is 2.56. The Morgan fingerprint density at radius 3 is 2.14 bits per heavy atom. The lowest BCUT2D eigenvalue weighted by molar-refractivity contribution is 0.642. The van der Waals surface area contributed by atoms with Crippen LogP contribution in [0.1, 0.15) is 37.0 Å². The smallest absolute Gasteiger partial charge is 0.0205 e. The molecule has 0 bridgehead atoms. The SMILES string of the molecule is CC(C)Cc1ccc(CNCCCc2ccccc2)cc1. The number of aryl methyl sites for hydroxylation is 1. The number of nitrogens with one attached hydrogen (secondary N) is 1. The van der Waals surface area contributed by atoms with E-state index in [1.807, 2.05) is 0 Å². The Morgan fingerprint density at radius 1 is 0.810 bits per heavy atom. The molecule has 0 fully saturated rings. The van der Waals surface area contributed by atoms with Crippen LogP contribution in [0.4, 0.5) is 0 Å². The van der Waals surface area contributed by atoms with Gasteiger partial charge in [0.15, 0.2) is 0 Å². The molecule has 0 spiro atoms. The van der Waals surface area contributed by atoms with E-state index in [1.54, 1.807) is 0 Å². The van der Waals surface area contributed by atoms with Crippen molar-refractivity contribution in [2.24, 2.45) is 5.92 Å². The van der Waals surface area contributed by atoms with Gasteiger partial charge in [0.25, 0.3) is 0 Å². The van der Waals surface area contributed by atoms with Gasteiger partial charge in [0.05, 0.1) is 0 Å². The summed E-state index contributed by atoms with van der Waals surface area (Å²) in [6.45, 7) is 6.57. The largest absolute Gasteiger partial charge is 0.313 e. The van der Waals surface area contributed by atoms with Crippen LogP contribution >= 0.6 is 0 Å². The molecule has 0 aliphatic heterocycles. The van der Waals surface area contributed by atoms with Crippen LogP contribution in [-0.2, 0) is 19.4 Å². The molecule has 1 nitrogen and oxygen atoms in total. The minimum atomic E-state index is 0.729. The predicted octanol–water partition coefficient (Wildman–Crippen LogP) is 4.61. The average molecular weight is 281 g/mol. The van der Waals surface area contributed by atoms with Gasteiger partial charge in [-0.25, -0.2) is 0 Å². The first kappa shape index (κ1) is 15.8. The van der Waals surface area contributed by atoms with E-state index in [9.17, 15) is 0 Å². The molecule has 21 heavy (non-hydrogen) atoms. The van der Waals surface area contributed by atoms with Gasteiger partial charge in [-0.05, 0) is 48.4 Å². The Hall–Kier alpha value is -1.60. The molecule has 0 saturated carbocycles. The molecule has 0 atom stereocenters. The van der Waals surface area contributed by atoms with Crippen molar-refractivity contribution in [1.82, 2.24) is 5.32 Å². The van der Waals surface area contributed by atoms with Crippen molar-refractivity contribution in [3.05, 3.63) is 71.3 Å². The molecule has 0 amide bonds. The highest BCUT2D eigenvalue weighted by molar-refractivity contribution is 5.22. The molecule has 2 rings (SSSR count). The number of benzene rings is 2. The molecule has 2 aromatic carbocycles. The molecule has 0 aromatic heterocycles. The van der Waals surface area contributed by atoms with Gasteiger partial charge in [0.2, 0.25) is 0 Å². The Labute approximate surface area is 129 Å². The maximum atomic E-state index is 3.53. The van der Waals surface area contributed by atoms with Gasteiger partial charge in [-0.2, -0.15) is 0 Å². The van der Waals surface area contributed by atoms with Crippen molar-refractivity contribution in [2.75, 3.05) is 6.54 Å². The summed E-state index contributed by atoms with van der Waals surface area (Å²) >= 11 is 0. The molecular weight excluding hydrogens is 254 g/mol. The summed E-state index contributed by atoms with van der Waals surface area (Å²) in [5.41, 5.74) is 4.25. The second-order valence-corrected chi connectivity index (χ2v) is 6.18. The van der Waals surface area contributed by atoms with Crippen LogP contribution in [0.15, 0.2) is 54.6 Å². The van der Waals surface area contributed by atoms with Gasteiger partial charge in [-0.15, -0.1) is 0 Å². The highest BCUT2D eigenvalue weighted by Crippen LogP contribution is 2.09. The van der Waals surface area contributed by atoms with E-state index < -0.39 is 0 Å². The molecule has 1 N–H and O–H groups in total. The fourth-order valence-electron chi connectivity index (χ4n) is 2.56. The normalized spacial score (nSPS) is 11.0. The summed E-state index contributed by atoms with van der Waals surface area (Å²) in [5.74, 6) is 0.729. The third-order valence-electron chi connectivity index (χ3n) is 3.66. The van der Waals surface area contributed by atoms with Crippen molar-refractivity contribution in [1.29, 1.82) is 0 Å². The maximum absolute atomic E-state index is 3.53. The highest BCUT2D eigenvalue weighted by Gasteiger charge is 1.98. The van der Waals surface area contributed by atoms with E-state index in [0.717, 1.165) is 25.4 Å². The number of hydrogen-bond donors (Lipinski definition) is 1. The second-order valence-electron chi connectivity index (χ2n) is 6.18. The summed E-state index contributed by atoms with van der Waals surface area (Å²) in [4.78, 5) is 0. The monoisotopic (exact) mass is 281 g/mol. The summed E-state index contributed by atoms with van der Waals surface area (Å²) in [6.07, 6.45) is 3.52. The molecule has 2 aromatic rings. The minimum absolute atomic E-state index is 0.729. The Kier molecular flexibility index (Phi) is 6.49. The van der Waals surface area contributed by atoms with Crippen LogP contribution in [0, 0.1) is 5.92 Å². The fraction of sp³-hybridized carbons (Fsp3) is 0.400. The van der Waals surface area contributed by atoms with Crippen LogP contribution in [0.5, 0.6) is 0 Å². The molecular formula is C20H27N. The van der Waals surface area contributed by atoms with Crippen molar-refractivity contribution in [3.8, 4) is 0 Å². The molecule has 0 heterocycles. The van der Waals surface area contributed by atoms with Gasteiger partial charge in [-0.3, -0.25) is 0 Å². The molecule has 1 heteroatoms. The number of hydrogen-bond acceptors (Lipinski definition) is 1. The maximum Gasteiger partial charge on any atom is 0.0205 e. The number of rotatable bonds is 8. The standard InChI is InChI=1S/C20H27N/c1-17(2)15-19-10-12-20(13-11-19)16-21-14-6-9-18-7-4-3-5-8-18/h3-5,7-8,10-13,17,21H,6,9,14-16H2,1-2H3. The molecule has 0 saturated heterocycles. The third-order valence-corrected chi connectivity index (χ3v) is 3.66. The lowest BCUT2D eigenvalue weighted by Crippen LogP contribution is -2.15. The summed E-state index contributed by atoms with van der Waals surface area (Å²) in [7, 11) is 0. The highest BCUT2D eigenvalue weighted by atomic mass is 14.8. The Balaban J connectivity index is 1.64. The summed E-state index contributed by atoms with van der Waals surface area (Å²) < 4.78 is 0. The van der Waals surface area contributed by atoms with Crippen LogP contribution < -0.4 is 5.32 Å². The lowest BCUT2D eigenvalue weighted by Gasteiger charge is -2.08. The predicted molar refractivity (Wildman–Crippen MR) is 91.5 cm³/mol. The average Bonchev–Trinajstić information content (AvgIpc) is 2.49. The summed E-state index contributed by atoms with van der Waals surface area (Å²) in [6, 6.07) is 19.7. The molecule has 112 valence electrons. The van der Waals surface area contributed by atoms with Crippen molar-refractivity contribution >= 4 is 0 Å². The van der Waals surface area contributed by atoms with Gasteiger partial charge in [0, 0.05) is 6.54 Å². The zero-order valence-electron chi connectivity index (χ0n) is 13.3. The van der Waals surface area contributed by atoms with Crippen LogP contribution in [0.3, 0.4) is 0 Å². The minimum Gasteiger partial charge on any atom is -0.313 e. The van der Waals surface area contributed by atoms with Crippen LogP contribution in [-0.4, -0.2) is 6.54 Å². The van der Waals surface area contributed by atoms with Gasteiger partial charge in [0.1, 0.15) is 0 Å². The zero-order valence-corrected chi connectivity index (χ0v) is 13.3. The van der Waals surface area contributed by atoms with E-state index in [4.69, 9.17) is 0 Å². The molecule has 0 unspecified atom stereocenters. The zero-order chi connectivity index (χ0) is 14.9. The first-order chi connectivity index (χ1) is 10.2. The van der Waals surface area contributed by atoms with Crippen molar-refractivity contribution in [3.63, 3.8) is 0 Å². The summed E-state index contributed by atoms with van der Waals surface area (Å²) in [5, 5.41) is 3.53. The van der Waals surface area contributed by atoms with E-state index in [1.165, 1.54) is 29.5 Å². The van der Waals surface area contributed by atoms with Crippen LogP contribution in [0.25, 0.3) is 0 Å². The van der Waals surface area contributed by atoms with Gasteiger partial charge >= 0.3 is 0 Å². The van der Waals surface area contributed by atoms with E-state index in [2.05, 4.69) is 73.8 Å². The van der Waals surface area contributed by atoms with E-state index >= 15 is 0 Å². The molecule has 0 aliphatic rings. The Morgan fingerprint density at radius 2 is 1.48 bits per heavy atom. The first-order valence-corrected chi connectivity index (χ1v) is 8.06. The molecule has 0 aliphatic carbocycles. The van der Waals surface area contributed by atoms with Crippen molar-refractivity contribution in [2.45, 2.75) is 39.7 Å². The van der Waals surface area contributed by atoms with E-state index in [0.29, 0.717) is 0 Å². The van der Waals surface area contributed by atoms with Gasteiger partial charge in [-0.1, -0.05) is 68.4 Å². The molecule has 0 radical (unpaired) electrons. The van der Waals surface area contributed by atoms with E-state index in [-0.39, 0.29) is 0 Å². The third kappa shape index (κ3) is 6.14. The van der Waals surface area contributed by atoms with Crippen molar-refractivity contribution < 1.29 is 0 Å². The quantitative estimate of drug-likeness (QED) is 0.697. The lowest BCUT2D eigenvalue weighted by atomic mass is 10.0.